The molecule has 3 nitrogen and oxygen atoms in total. The fourth-order valence-corrected chi connectivity index (χ4v) is 8.18. The van der Waals surface area contributed by atoms with Gasteiger partial charge >= 0.3 is 0 Å². The molecular weight excluding hydrogens is 352 g/mol. The number of halogens is 2. The maximum Gasteiger partial charge on any atom is 0.259 e. The van der Waals surface area contributed by atoms with Crippen LogP contribution in [-0.4, -0.2) is 11.1 Å². The van der Waals surface area contributed by atoms with Crippen molar-refractivity contribution in [3.8, 4) is 0 Å². The zero-order valence-electron chi connectivity index (χ0n) is 12.8. The van der Waals surface area contributed by atoms with E-state index < -0.39 is 16.4 Å². The van der Waals surface area contributed by atoms with Gasteiger partial charge in [0.2, 0.25) is 5.91 Å². The highest BCUT2D eigenvalue weighted by Crippen LogP contribution is 2.79. The molecule has 4 saturated carbocycles. The summed E-state index contributed by atoms with van der Waals surface area (Å²) < 4.78 is 12.6. The Hall–Kier alpha value is -0.500. The Morgan fingerprint density at radius 2 is 1.70 bits per heavy atom. The van der Waals surface area contributed by atoms with Gasteiger partial charge in [-0.25, -0.2) is 0 Å². The quantitative estimate of drug-likeness (QED) is 0.699. The van der Waals surface area contributed by atoms with E-state index in [1.54, 1.807) is 0 Å². The van der Waals surface area contributed by atoms with Gasteiger partial charge in [0.25, 0.3) is 5.85 Å². The first-order valence-corrected chi connectivity index (χ1v) is 11.7. The van der Waals surface area contributed by atoms with Gasteiger partial charge in [0.15, 0.2) is 0 Å². The molecule has 0 radical (unpaired) electrons. The molecule has 0 aliphatic heterocycles. The number of amides is 1. The molecular formula is C17H20Cl2NO2P. The molecule has 0 aromatic heterocycles. The Balaban J connectivity index is 1.65. The summed E-state index contributed by atoms with van der Waals surface area (Å²) >= 11 is 12.3. The Morgan fingerprint density at radius 3 is 2.26 bits per heavy atom. The highest BCUT2D eigenvalue weighted by molar-refractivity contribution is 8.09. The van der Waals surface area contributed by atoms with Gasteiger partial charge in [0.05, 0.1) is 10.6 Å². The summed E-state index contributed by atoms with van der Waals surface area (Å²) in [5, 5.41) is 2.51. The molecule has 4 bridgehead atoms. The number of nitrogens with one attached hydrogen (secondary N) is 1. The molecule has 124 valence electrons. The molecule has 4 aliphatic carbocycles. The fraction of sp³-hybridized carbons (Fsp3) is 0.588. The van der Waals surface area contributed by atoms with E-state index in [1.807, 2.05) is 30.3 Å². The minimum atomic E-state index is -3.27. The lowest BCUT2D eigenvalue weighted by atomic mass is 9.49. The summed E-state index contributed by atoms with van der Waals surface area (Å²) in [6.07, 6.45) is 5.06. The lowest BCUT2D eigenvalue weighted by Crippen LogP contribution is -2.58. The minimum absolute atomic E-state index is 0.0453. The summed E-state index contributed by atoms with van der Waals surface area (Å²) in [4.78, 5) is 13.0. The molecule has 0 saturated heterocycles. The van der Waals surface area contributed by atoms with Crippen LogP contribution in [0.1, 0.15) is 38.5 Å². The van der Waals surface area contributed by atoms with Gasteiger partial charge in [-0.3, -0.25) is 9.36 Å². The van der Waals surface area contributed by atoms with E-state index in [0.29, 0.717) is 18.3 Å². The van der Waals surface area contributed by atoms with Crippen molar-refractivity contribution in [2.45, 2.75) is 43.7 Å². The largest absolute Gasteiger partial charge is 0.326 e. The molecule has 0 heterocycles. The Bertz CT molecular complexity index is 673. The predicted molar refractivity (Wildman–Crippen MR) is 94.2 cm³/mol. The van der Waals surface area contributed by atoms with Crippen LogP contribution in [0.3, 0.4) is 0 Å². The van der Waals surface area contributed by atoms with Crippen molar-refractivity contribution in [1.82, 2.24) is 0 Å². The first kappa shape index (κ1) is 16.0. The number of carbonyl (C=O) groups is 1. The van der Waals surface area contributed by atoms with Gasteiger partial charge < -0.3 is 5.32 Å². The summed E-state index contributed by atoms with van der Waals surface area (Å²) in [5.74, 6) is -2.38. The van der Waals surface area contributed by atoms with E-state index in [-0.39, 0.29) is 5.91 Å². The average molecular weight is 372 g/mol. The maximum atomic E-state index is 13.0. The van der Waals surface area contributed by atoms with Gasteiger partial charge in [0.1, 0.15) is 0 Å². The third-order valence-corrected chi connectivity index (χ3v) is 9.87. The smallest absolute Gasteiger partial charge is 0.259 e. The molecule has 1 aromatic carbocycles. The number of carbonyl (C=O) groups excluding carboxylic acids is 1. The number of para-hydroxylation sites is 1. The normalized spacial score (nSPS) is 38.5. The Morgan fingerprint density at radius 1 is 1.09 bits per heavy atom. The molecule has 0 spiro atoms. The highest BCUT2D eigenvalue weighted by Gasteiger charge is 2.65. The van der Waals surface area contributed by atoms with Crippen molar-refractivity contribution >= 4 is 39.9 Å². The van der Waals surface area contributed by atoms with Gasteiger partial charge in [-0.2, -0.15) is 0 Å². The van der Waals surface area contributed by atoms with Crippen LogP contribution in [0.25, 0.3) is 0 Å². The number of hydrogen-bond donors (Lipinski definition) is 1. The van der Waals surface area contributed by atoms with Crippen LogP contribution in [0.4, 0.5) is 5.69 Å². The molecule has 2 atom stereocenters. The van der Waals surface area contributed by atoms with Gasteiger partial charge in [-0.15, -0.1) is 0 Å². The topological polar surface area (TPSA) is 46.2 Å². The second kappa shape index (κ2) is 5.25. The molecule has 4 aliphatic rings. The van der Waals surface area contributed by atoms with E-state index in [4.69, 9.17) is 22.5 Å². The van der Waals surface area contributed by atoms with Crippen LogP contribution in [-0.2, 0) is 9.36 Å². The van der Waals surface area contributed by atoms with Crippen molar-refractivity contribution in [2.24, 2.45) is 17.3 Å². The van der Waals surface area contributed by atoms with Crippen LogP contribution >= 0.6 is 28.3 Å². The van der Waals surface area contributed by atoms with E-state index in [9.17, 15) is 9.36 Å². The molecule has 1 amide bonds. The van der Waals surface area contributed by atoms with Crippen molar-refractivity contribution in [3.05, 3.63) is 30.3 Å². The van der Waals surface area contributed by atoms with E-state index in [0.717, 1.165) is 37.8 Å². The third-order valence-electron chi connectivity index (χ3n) is 6.10. The zero-order chi connectivity index (χ0) is 16.3. The molecule has 6 heteroatoms. The predicted octanol–water partition coefficient (Wildman–Crippen LogP) is 5.63. The van der Waals surface area contributed by atoms with Gasteiger partial charge in [-0.05, 0) is 85.0 Å². The fourth-order valence-electron chi connectivity index (χ4n) is 5.57. The average Bonchev–Trinajstić information content (AvgIpc) is 2.45. The zero-order valence-corrected chi connectivity index (χ0v) is 15.2. The lowest BCUT2D eigenvalue weighted by molar-refractivity contribution is -0.138. The number of hydrogen-bond acceptors (Lipinski definition) is 2. The van der Waals surface area contributed by atoms with E-state index in [2.05, 4.69) is 5.32 Å². The van der Waals surface area contributed by atoms with E-state index in [1.165, 1.54) is 0 Å². The first-order chi connectivity index (χ1) is 10.8. The van der Waals surface area contributed by atoms with Crippen LogP contribution in [0.5, 0.6) is 0 Å². The molecule has 1 N–H and O–H groups in total. The van der Waals surface area contributed by atoms with Crippen LogP contribution in [0, 0.1) is 17.3 Å². The lowest BCUT2D eigenvalue weighted by Gasteiger charge is -2.61. The van der Waals surface area contributed by atoms with Crippen LogP contribution in [0.2, 0.25) is 0 Å². The molecule has 1 aromatic rings. The number of anilines is 1. The molecule has 2 unspecified atom stereocenters. The third kappa shape index (κ3) is 2.56. The van der Waals surface area contributed by atoms with Crippen molar-refractivity contribution in [3.63, 3.8) is 0 Å². The second-order valence-corrected chi connectivity index (χ2v) is 13.0. The Labute approximate surface area is 146 Å². The minimum Gasteiger partial charge on any atom is -0.326 e. The summed E-state index contributed by atoms with van der Waals surface area (Å²) in [5.41, 5.74) is 0.349. The summed E-state index contributed by atoms with van der Waals surface area (Å²) in [6, 6.07) is 9.52. The number of rotatable bonds is 3. The molecule has 5 rings (SSSR count). The van der Waals surface area contributed by atoms with Crippen LogP contribution in [0.15, 0.2) is 30.3 Å². The molecule has 23 heavy (non-hydrogen) atoms. The van der Waals surface area contributed by atoms with Crippen LogP contribution < -0.4 is 5.32 Å². The maximum absolute atomic E-state index is 13.0. The monoisotopic (exact) mass is 371 g/mol. The van der Waals surface area contributed by atoms with Gasteiger partial charge in [-0.1, -0.05) is 18.2 Å². The summed E-state index contributed by atoms with van der Waals surface area (Å²) in [7, 11) is 0. The molecule has 4 fully saturated rings. The summed E-state index contributed by atoms with van der Waals surface area (Å²) in [6.45, 7) is 0. The first-order valence-electron chi connectivity index (χ1n) is 8.18. The van der Waals surface area contributed by atoms with Gasteiger partial charge in [0, 0.05) is 5.69 Å². The standard InChI is InChI=1S/C17H20Cl2NO2P/c18-23(19,22)17-9-12-6-13(10-17)8-16(7-12,11-17)15(21)20-14-4-2-1-3-5-14/h1-5,12-13H,6-11H2,(H,20,21). The number of benzene rings is 1. The van der Waals surface area contributed by atoms with Crippen molar-refractivity contribution < 1.29 is 9.36 Å². The Kier molecular flexibility index (Phi) is 3.65. The van der Waals surface area contributed by atoms with Crippen molar-refractivity contribution in [1.29, 1.82) is 0 Å². The SMILES string of the molecule is O=C(Nc1ccccc1)C12CC3CC(C1)CC(P(=O)(Cl)Cl)(C3)C2. The van der Waals surface area contributed by atoms with Crippen molar-refractivity contribution in [2.75, 3.05) is 5.32 Å². The van der Waals surface area contributed by atoms with E-state index >= 15 is 0 Å². The highest BCUT2D eigenvalue weighted by atomic mass is 35.9. The second-order valence-electron chi connectivity index (χ2n) is 7.75.